The van der Waals surface area contributed by atoms with E-state index >= 15 is 0 Å². The summed E-state index contributed by atoms with van der Waals surface area (Å²) < 4.78 is 12.2. The molecule has 1 amide bonds. The zero-order valence-corrected chi connectivity index (χ0v) is 21.6. The fourth-order valence-electron chi connectivity index (χ4n) is 2.90. The highest BCUT2D eigenvalue weighted by Gasteiger charge is 2.42. The van der Waals surface area contributed by atoms with Gasteiger partial charge < -0.3 is 19.6 Å². The average Bonchev–Trinajstić information content (AvgIpc) is 2.58. The summed E-state index contributed by atoms with van der Waals surface area (Å²) in [4.78, 5) is 24.3. The number of amides is 1. The molecule has 0 spiro atoms. The lowest BCUT2D eigenvalue weighted by atomic mass is 9.94. The minimum Gasteiger partial charge on any atom is -0.481 e. The van der Waals surface area contributed by atoms with Crippen LogP contribution < -0.4 is 5.32 Å². The topological polar surface area (TPSA) is 84.9 Å². The SMILES string of the molecule is C[C@H](C[C@H](O[Si](C)(C)C(C)(C)C)[C@H](Cc1ccccc1)NC(=O)OC(C)(C)C)C(=O)O. The largest absolute Gasteiger partial charge is 0.481 e. The molecule has 0 saturated carbocycles. The van der Waals surface area contributed by atoms with E-state index < -0.39 is 44.0 Å². The number of ether oxygens (including phenoxy) is 1. The average molecular weight is 452 g/mol. The van der Waals surface area contributed by atoms with Crippen molar-refractivity contribution < 1.29 is 23.9 Å². The number of nitrogens with one attached hydrogen (secondary N) is 1. The van der Waals surface area contributed by atoms with Crippen molar-refractivity contribution in [3.8, 4) is 0 Å². The van der Waals surface area contributed by atoms with Gasteiger partial charge in [-0.1, -0.05) is 58.0 Å². The van der Waals surface area contributed by atoms with Gasteiger partial charge in [-0.15, -0.1) is 0 Å². The Morgan fingerprint density at radius 3 is 2.06 bits per heavy atom. The second kappa shape index (κ2) is 10.6. The van der Waals surface area contributed by atoms with Crippen LogP contribution in [0, 0.1) is 5.92 Å². The molecule has 0 heterocycles. The van der Waals surface area contributed by atoms with E-state index in [2.05, 4.69) is 39.2 Å². The third-order valence-electron chi connectivity index (χ3n) is 5.71. The Balaban J connectivity index is 3.28. The molecule has 0 aliphatic rings. The number of benzene rings is 1. The second-order valence-corrected chi connectivity index (χ2v) is 15.6. The van der Waals surface area contributed by atoms with Crippen LogP contribution in [0.25, 0.3) is 0 Å². The van der Waals surface area contributed by atoms with Crippen LogP contribution in [-0.4, -0.2) is 43.2 Å². The molecule has 1 aromatic carbocycles. The van der Waals surface area contributed by atoms with E-state index in [9.17, 15) is 14.7 Å². The van der Waals surface area contributed by atoms with Gasteiger partial charge in [0.15, 0.2) is 8.32 Å². The molecule has 3 atom stereocenters. The summed E-state index contributed by atoms with van der Waals surface area (Å²) in [5.41, 5.74) is 0.404. The maximum Gasteiger partial charge on any atom is 0.407 e. The van der Waals surface area contributed by atoms with E-state index in [0.717, 1.165) is 5.56 Å². The first-order valence-electron chi connectivity index (χ1n) is 11.0. The molecule has 0 radical (unpaired) electrons. The summed E-state index contributed by atoms with van der Waals surface area (Å²) in [6, 6.07) is 9.40. The van der Waals surface area contributed by atoms with E-state index in [4.69, 9.17) is 9.16 Å². The quantitative estimate of drug-likeness (QED) is 0.476. The Morgan fingerprint density at radius 1 is 1.06 bits per heavy atom. The van der Waals surface area contributed by atoms with Crippen molar-refractivity contribution in [3.63, 3.8) is 0 Å². The van der Waals surface area contributed by atoms with Crippen LogP contribution in [0.2, 0.25) is 18.1 Å². The molecule has 0 aliphatic heterocycles. The monoisotopic (exact) mass is 451 g/mol. The predicted octanol–water partition coefficient (Wildman–Crippen LogP) is 5.62. The van der Waals surface area contributed by atoms with Crippen molar-refractivity contribution in [3.05, 3.63) is 35.9 Å². The molecule has 1 rings (SSSR count). The van der Waals surface area contributed by atoms with Crippen LogP contribution in [0.1, 0.15) is 60.5 Å². The highest BCUT2D eigenvalue weighted by atomic mass is 28.4. The number of carbonyl (C=O) groups excluding carboxylic acids is 1. The van der Waals surface area contributed by atoms with Gasteiger partial charge in [0.2, 0.25) is 0 Å². The van der Waals surface area contributed by atoms with Gasteiger partial charge in [0, 0.05) is 0 Å². The lowest BCUT2D eigenvalue weighted by molar-refractivity contribution is -0.142. The van der Waals surface area contributed by atoms with Gasteiger partial charge in [0.1, 0.15) is 5.60 Å². The minimum absolute atomic E-state index is 0.0546. The highest BCUT2D eigenvalue weighted by Crippen LogP contribution is 2.38. The summed E-state index contributed by atoms with van der Waals surface area (Å²) in [7, 11) is -2.23. The fourth-order valence-corrected chi connectivity index (χ4v) is 4.27. The first kappa shape index (κ1) is 27.2. The molecule has 2 N–H and O–H groups in total. The van der Waals surface area contributed by atoms with Gasteiger partial charge in [0.25, 0.3) is 0 Å². The van der Waals surface area contributed by atoms with Gasteiger partial charge >= 0.3 is 12.1 Å². The summed E-state index contributed by atoms with van der Waals surface area (Å²) >= 11 is 0. The third kappa shape index (κ3) is 9.43. The normalized spacial score (nSPS) is 15.6. The van der Waals surface area contributed by atoms with Crippen LogP contribution in [0.4, 0.5) is 4.79 Å². The van der Waals surface area contributed by atoms with Gasteiger partial charge in [-0.2, -0.15) is 0 Å². The first-order chi connectivity index (χ1) is 14.0. The van der Waals surface area contributed by atoms with Crippen molar-refractivity contribution >= 4 is 20.4 Å². The molecule has 0 saturated heterocycles. The van der Waals surface area contributed by atoms with Crippen molar-refractivity contribution in [1.82, 2.24) is 5.32 Å². The number of carbonyl (C=O) groups is 2. The number of hydrogen-bond donors (Lipinski definition) is 2. The number of carboxylic acids is 1. The number of rotatable bonds is 9. The summed E-state index contributed by atoms with van der Waals surface area (Å²) in [6.45, 7) is 17.8. The Kier molecular flexibility index (Phi) is 9.32. The molecule has 0 unspecified atom stereocenters. The van der Waals surface area contributed by atoms with Crippen molar-refractivity contribution in [2.45, 2.75) is 97.2 Å². The Morgan fingerprint density at radius 2 is 1.61 bits per heavy atom. The first-order valence-corrected chi connectivity index (χ1v) is 13.9. The molecule has 7 heteroatoms. The van der Waals surface area contributed by atoms with Gasteiger partial charge in [-0.25, -0.2) is 4.79 Å². The maximum absolute atomic E-state index is 12.7. The van der Waals surface area contributed by atoms with E-state index in [1.807, 2.05) is 51.1 Å². The molecule has 0 bridgehead atoms. The van der Waals surface area contributed by atoms with Gasteiger partial charge in [-0.3, -0.25) is 4.79 Å². The predicted molar refractivity (Wildman–Crippen MR) is 127 cm³/mol. The van der Waals surface area contributed by atoms with Crippen LogP contribution in [0.15, 0.2) is 30.3 Å². The van der Waals surface area contributed by atoms with Gasteiger partial charge in [0.05, 0.1) is 18.1 Å². The molecule has 0 fully saturated rings. The standard InChI is InChI=1S/C24H41NO5Si/c1-17(21(26)27)15-20(30-31(8,9)24(5,6)7)19(16-18-13-11-10-12-14-18)25-22(28)29-23(2,3)4/h10-14,17,19-20H,15-16H2,1-9H3,(H,25,28)(H,26,27)/t17-,19+,20+/m1/s1. The molecule has 1 aromatic rings. The zero-order valence-electron chi connectivity index (χ0n) is 20.6. The van der Waals surface area contributed by atoms with Crippen molar-refractivity contribution in [2.24, 2.45) is 5.92 Å². The molecule has 0 aromatic heterocycles. The van der Waals surface area contributed by atoms with Crippen molar-refractivity contribution in [2.75, 3.05) is 0 Å². The molecular weight excluding hydrogens is 410 g/mol. The molecule has 6 nitrogen and oxygen atoms in total. The smallest absolute Gasteiger partial charge is 0.407 e. The Bertz CT molecular complexity index is 722. The summed E-state index contributed by atoms with van der Waals surface area (Å²) in [5, 5.41) is 12.5. The maximum atomic E-state index is 12.7. The highest BCUT2D eigenvalue weighted by molar-refractivity contribution is 6.74. The van der Waals surface area contributed by atoms with E-state index in [1.54, 1.807) is 6.92 Å². The zero-order chi connectivity index (χ0) is 24.0. The summed E-state index contributed by atoms with van der Waals surface area (Å²) in [5.74, 6) is -1.48. The number of alkyl carbamates (subject to hydrolysis) is 1. The van der Waals surface area contributed by atoms with Crippen LogP contribution >= 0.6 is 0 Å². The molecule has 176 valence electrons. The molecular formula is C24H41NO5Si. The van der Waals surface area contributed by atoms with Crippen LogP contribution in [0.5, 0.6) is 0 Å². The van der Waals surface area contributed by atoms with Crippen molar-refractivity contribution in [1.29, 1.82) is 0 Å². The van der Waals surface area contributed by atoms with E-state index in [-0.39, 0.29) is 5.04 Å². The Labute approximate surface area is 188 Å². The van der Waals surface area contributed by atoms with Crippen LogP contribution in [-0.2, 0) is 20.4 Å². The molecule has 31 heavy (non-hydrogen) atoms. The van der Waals surface area contributed by atoms with Crippen LogP contribution in [0.3, 0.4) is 0 Å². The number of aliphatic carboxylic acids is 1. The second-order valence-electron chi connectivity index (χ2n) is 10.8. The lowest BCUT2D eigenvalue weighted by Gasteiger charge is -2.42. The van der Waals surface area contributed by atoms with Gasteiger partial charge in [-0.05, 0) is 57.3 Å². The van der Waals surface area contributed by atoms with E-state index in [1.165, 1.54) is 0 Å². The summed E-state index contributed by atoms with van der Waals surface area (Å²) in [6.07, 6.45) is -0.166. The molecule has 0 aliphatic carbocycles. The number of hydrogen-bond acceptors (Lipinski definition) is 4. The lowest BCUT2D eigenvalue weighted by Crippen LogP contribution is -2.54. The van der Waals surface area contributed by atoms with E-state index in [0.29, 0.717) is 12.8 Å². The fraction of sp³-hybridized carbons (Fsp3) is 0.667. The third-order valence-corrected chi connectivity index (χ3v) is 10.2. The Hall–Kier alpha value is -1.86. The number of carboxylic acid groups (broad SMARTS) is 1. The minimum atomic E-state index is -2.23.